The number of nitrogens with one attached hydrogen (secondary N) is 2. The molecular formula is C12H24N2O3S. The van der Waals surface area contributed by atoms with Crippen molar-refractivity contribution in [2.75, 3.05) is 26.0 Å². The van der Waals surface area contributed by atoms with Gasteiger partial charge in [-0.25, -0.2) is 13.1 Å². The summed E-state index contributed by atoms with van der Waals surface area (Å²) in [6, 6.07) is 0.503. The van der Waals surface area contributed by atoms with Crippen LogP contribution >= 0.6 is 0 Å². The van der Waals surface area contributed by atoms with Gasteiger partial charge in [-0.3, -0.25) is 0 Å². The van der Waals surface area contributed by atoms with Gasteiger partial charge in [0.05, 0.1) is 12.4 Å². The lowest BCUT2D eigenvalue weighted by Crippen LogP contribution is -2.65. The third kappa shape index (κ3) is 2.87. The van der Waals surface area contributed by atoms with Gasteiger partial charge in [0.25, 0.3) is 0 Å². The summed E-state index contributed by atoms with van der Waals surface area (Å²) in [5.41, 5.74) is 0.200. The van der Waals surface area contributed by atoms with E-state index in [-0.39, 0.29) is 5.41 Å². The monoisotopic (exact) mass is 276 g/mol. The summed E-state index contributed by atoms with van der Waals surface area (Å²) in [6.45, 7) is 6.72. The third-order valence-corrected chi connectivity index (χ3v) is 4.91. The summed E-state index contributed by atoms with van der Waals surface area (Å²) < 4.78 is 30.0. The van der Waals surface area contributed by atoms with E-state index in [1.807, 2.05) is 0 Å². The molecule has 2 fully saturated rings. The predicted molar refractivity (Wildman–Crippen MR) is 70.9 cm³/mol. The van der Waals surface area contributed by atoms with Crippen molar-refractivity contribution in [3.63, 3.8) is 0 Å². The van der Waals surface area contributed by atoms with Crippen LogP contribution < -0.4 is 10.0 Å². The van der Waals surface area contributed by atoms with Crippen molar-refractivity contribution in [1.82, 2.24) is 10.0 Å². The quantitative estimate of drug-likeness (QED) is 0.686. The van der Waals surface area contributed by atoms with Gasteiger partial charge in [-0.05, 0) is 19.4 Å². The van der Waals surface area contributed by atoms with Gasteiger partial charge in [0.2, 0.25) is 10.0 Å². The third-order valence-electron chi connectivity index (χ3n) is 4.18. The number of ether oxygens (including phenoxy) is 1. The van der Waals surface area contributed by atoms with E-state index in [0.29, 0.717) is 24.6 Å². The second-order valence-corrected chi connectivity index (χ2v) is 7.85. The molecule has 0 bridgehead atoms. The first-order valence-electron chi connectivity index (χ1n) is 6.62. The fourth-order valence-corrected chi connectivity index (χ4v) is 3.86. The topological polar surface area (TPSA) is 67.4 Å². The molecule has 1 aliphatic carbocycles. The minimum Gasteiger partial charge on any atom is -0.377 e. The van der Waals surface area contributed by atoms with Crippen LogP contribution in [0.1, 0.15) is 26.7 Å². The first kappa shape index (κ1) is 14.2. The van der Waals surface area contributed by atoms with Crippen molar-refractivity contribution in [2.24, 2.45) is 11.3 Å². The number of rotatable bonds is 6. The van der Waals surface area contributed by atoms with E-state index in [2.05, 4.69) is 23.9 Å². The molecule has 2 aliphatic rings. The summed E-state index contributed by atoms with van der Waals surface area (Å²) in [5, 5.41) is 3.55. The Morgan fingerprint density at radius 2 is 2.06 bits per heavy atom. The highest BCUT2D eigenvalue weighted by Crippen LogP contribution is 2.51. The Bertz CT molecular complexity index is 394. The Morgan fingerprint density at radius 1 is 1.33 bits per heavy atom. The Hall–Kier alpha value is -0.170. The zero-order chi connectivity index (χ0) is 13.4. The minimum atomic E-state index is -3.05. The van der Waals surface area contributed by atoms with Crippen LogP contribution in [0.3, 0.4) is 0 Å². The number of hydrogen-bond donors (Lipinski definition) is 2. The van der Waals surface area contributed by atoms with E-state index >= 15 is 0 Å². The molecule has 0 spiro atoms. The molecule has 3 atom stereocenters. The van der Waals surface area contributed by atoms with Crippen LogP contribution in [0.2, 0.25) is 0 Å². The molecule has 0 aromatic heterocycles. The van der Waals surface area contributed by atoms with E-state index in [9.17, 15) is 8.42 Å². The predicted octanol–water partition coefficient (Wildman–Crippen LogP) is 0.329. The van der Waals surface area contributed by atoms with Gasteiger partial charge in [0.15, 0.2) is 0 Å². The first-order valence-corrected chi connectivity index (χ1v) is 8.51. The fraction of sp³-hybridized carbons (Fsp3) is 1.00. The van der Waals surface area contributed by atoms with Crippen molar-refractivity contribution < 1.29 is 13.2 Å². The van der Waals surface area contributed by atoms with Crippen LogP contribution in [0.4, 0.5) is 0 Å². The van der Waals surface area contributed by atoms with Crippen molar-refractivity contribution in [1.29, 1.82) is 0 Å². The molecule has 0 radical (unpaired) electrons. The number of hydrogen-bond acceptors (Lipinski definition) is 4. The number of fused-ring (bicyclic) bond motifs is 1. The van der Waals surface area contributed by atoms with Crippen LogP contribution in [0.5, 0.6) is 0 Å². The molecule has 0 aromatic rings. The van der Waals surface area contributed by atoms with Crippen LogP contribution in [0.25, 0.3) is 0 Å². The average Bonchev–Trinajstić information content (AvgIpc) is 2.67. The molecule has 1 heterocycles. The van der Waals surface area contributed by atoms with Gasteiger partial charge >= 0.3 is 0 Å². The number of sulfonamides is 1. The van der Waals surface area contributed by atoms with Crippen molar-refractivity contribution in [2.45, 2.75) is 38.8 Å². The summed E-state index contributed by atoms with van der Waals surface area (Å²) in [6.07, 6.45) is 3.56. The smallest absolute Gasteiger partial charge is 0.208 e. The van der Waals surface area contributed by atoms with Gasteiger partial charge in [-0.1, -0.05) is 13.8 Å². The SMILES string of the molecule is CC1(C)C(NCCCNS(C)(=O)=O)[C@@H]2CCO[C@@H]21. The lowest BCUT2D eigenvalue weighted by atomic mass is 9.57. The molecule has 1 saturated carbocycles. The molecule has 1 aliphatic heterocycles. The molecule has 2 rings (SSSR count). The summed E-state index contributed by atoms with van der Waals surface area (Å²) in [5.74, 6) is 0.642. The average molecular weight is 276 g/mol. The molecule has 1 saturated heterocycles. The molecule has 5 nitrogen and oxygen atoms in total. The van der Waals surface area contributed by atoms with E-state index < -0.39 is 10.0 Å². The van der Waals surface area contributed by atoms with E-state index in [0.717, 1.165) is 26.0 Å². The molecule has 1 unspecified atom stereocenters. The van der Waals surface area contributed by atoms with Crippen molar-refractivity contribution in [3.05, 3.63) is 0 Å². The molecule has 0 amide bonds. The molecule has 106 valence electrons. The van der Waals surface area contributed by atoms with E-state index in [1.54, 1.807) is 0 Å². The zero-order valence-corrected chi connectivity index (χ0v) is 12.2. The van der Waals surface area contributed by atoms with Crippen LogP contribution in [-0.4, -0.2) is 46.5 Å². The standard InChI is InChI=1S/C12H24N2O3S/c1-12(2)10(9-5-8-17-11(9)12)13-6-4-7-14-18(3,15)16/h9-11,13-14H,4-8H2,1-3H3/t9-,10?,11-/m0/s1. The van der Waals surface area contributed by atoms with Crippen LogP contribution in [0.15, 0.2) is 0 Å². The molecule has 0 aromatic carbocycles. The van der Waals surface area contributed by atoms with Crippen LogP contribution in [0, 0.1) is 11.3 Å². The normalized spacial score (nSPS) is 34.1. The second kappa shape index (κ2) is 5.07. The van der Waals surface area contributed by atoms with E-state index in [1.165, 1.54) is 6.26 Å². The summed E-state index contributed by atoms with van der Waals surface area (Å²) in [7, 11) is -3.05. The fourth-order valence-electron chi connectivity index (χ4n) is 3.34. The Balaban J connectivity index is 1.68. The zero-order valence-electron chi connectivity index (χ0n) is 11.4. The lowest BCUT2D eigenvalue weighted by molar-refractivity contribution is -0.112. The lowest BCUT2D eigenvalue weighted by Gasteiger charge is -2.55. The Kier molecular flexibility index (Phi) is 4.02. The van der Waals surface area contributed by atoms with E-state index in [4.69, 9.17) is 4.74 Å². The second-order valence-electron chi connectivity index (χ2n) is 6.02. The van der Waals surface area contributed by atoms with Gasteiger partial charge in [0, 0.05) is 30.5 Å². The van der Waals surface area contributed by atoms with Gasteiger partial charge < -0.3 is 10.1 Å². The maximum absolute atomic E-state index is 10.9. The minimum absolute atomic E-state index is 0.200. The highest BCUT2D eigenvalue weighted by atomic mass is 32.2. The van der Waals surface area contributed by atoms with Gasteiger partial charge in [0.1, 0.15) is 0 Å². The molecule has 6 heteroatoms. The maximum atomic E-state index is 10.9. The van der Waals surface area contributed by atoms with Gasteiger partial charge in [-0.2, -0.15) is 0 Å². The summed E-state index contributed by atoms with van der Waals surface area (Å²) >= 11 is 0. The highest BCUT2D eigenvalue weighted by molar-refractivity contribution is 7.88. The molecular weight excluding hydrogens is 252 g/mol. The van der Waals surface area contributed by atoms with Crippen molar-refractivity contribution in [3.8, 4) is 0 Å². The van der Waals surface area contributed by atoms with Crippen molar-refractivity contribution >= 4 is 10.0 Å². The molecule has 2 N–H and O–H groups in total. The molecule has 18 heavy (non-hydrogen) atoms. The Morgan fingerprint density at radius 3 is 2.72 bits per heavy atom. The summed E-state index contributed by atoms with van der Waals surface area (Å²) in [4.78, 5) is 0. The van der Waals surface area contributed by atoms with Gasteiger partial charge in [-0.15, -0.1) is 0 Å². The van der Waals surface area contributed by atoms with Crippen LogP contribution in [-0.2, 0) is 14.8 Å². The maximum Gasteiger partial charge on any atom is 0.208 e. The Labute approximate surface area is 110 Å². The first-order chi connectivity index (χ1) is 8.32. The largest absolute Gasteiger partial charge is 0.377 e. The highest BCUT2D eigenvalue weighted by Gasteiger charge is 2.58.